The van der Waals surface area contributed by atoms with Crippen molar-refractivity contribution in [3.63, 3.8) is 0 Å². The van der Waals surface area contributed by atoms with Crippen LogP contribution in [-0.4, -0.2) is 27.3 Å². The third-order valence-electron chi connectivity index (χ3n) is 5.75. The maximum atomic E-state index is 4.82. The Morgan fingerprint density at radius 2 is 1.93 bits per heavy atom. The second kappa shape index (κ2) is 9.22. The number of guanidine groups is 1. The lowest BCUT2D eigenvalue weighted by Crippen LogP contribution is -2.47. The van der Waals surface area contributed by atoms with Crippen molar-refractivity contribution >= 4 is 5.96 Å². The van der Waals surface area contributed by atoms with E-state index in [4.69, 9.17) is 4.99 Å². The van der Waals surface area contributed by atoms with Crippen molar-refractivity contribution in [1.29, 1.82) is 0 Å². The molecule has 0 bridgehead atoms. The number of hydrogen-bond donors (Lipinski definition) is 2. The minimum Gasteiger partial charge on any atom is -0.356 e. The van der Waals surface area contributed by atoms with E-state index in [0.717, 1.165) is 30.1 Å². The highest BCUT2D eigenvalue weighted by Gasteiger charge is 2.37. The Morgan fingerprint density at radius 3 is 2.50 bits per heavy atom. The molecule has 6 nitrogen and oxygen atoms in total. The number of aryl methyl sites for hydroxylation is 1. The molecular weight excluding hydrogens is 348 g/mol. The normalized spacial score (nSPS) is 16.1. The van der Waals surface area contributed by atoms with E-state index >= 15 is 0 Å². The molecule has 6 heteroatoms. The van der Waals surface area contributed by atoms with Gasteiger partial charge in [0.15, 0.2) is 11.8 Å². The molecule has 1 aromatic carbocycles. The van der Waals surface area contributed by atoms with Crippen molar-refractivity contribution in [2.75, 3.05) is 6.54 Å². The van der Waals surface area contributed by atoms with Crippen molar-refractivity contribution in [2.24, 2.45) is 23.4 Å². The maximum Gasteiger partial charge on any atom is 0.191 e. The third-order valence-corrected chi connectivity index (χ3v) is 5.75. The van der Waals surface area contributed by atoms with E-state index in [1.54, 1.807) is 0 Å². The van der Waals surface area contributed by atoms with Gasteiger partial charge in [-0.25, -0.2) is 4.99 Å². The first kappa shape index (κ1) is 20.4. The number of aliphatic imine (C=N–C) groups is 1. The monoisotopic (exact) mass is 382 g/mol. The average molecular weight is 383 g/mol. The molecule has 1 aliphatic rings. The molecule has 1 saturated carbocycles. The smallest absolute Gasteiger partial charge is 0.191 e. The zero-order valence-electron chi connectivity index (χ0n) is 17.7. The number of nitrogens with zero attached hydrogens (tertiary/aromatic N) is 4. The highest BCUT2D eigenvalue weighted by molar-refractivity contribution is 5.79. The number of hydrogen-bond acceptors (Lipinski definition) is 3. The predicted octanol–water partition coefficient (Wildman–Crippen LogP) is 3.58. The Morgan fingerprint density at radius 1 is 1.18 bits per heavy atom. The van der Waals surface area contributed by atoms with Crippen molar-refractivity contribution in [2.45, 2.75) is 59.5 Å². The van der Waals surface area contributed by atoms with Gasteiger partial charge in [0.25, 0.3) is 0 Å². The fourth-order valence-corrected chi connectivity index (χ4v) is 3.96. The van der Waals surface area contributed by atoms with E-state index in [2.05, 4.69) is 58.9 Å². The number of nitrogens with one attached hydrogen (secondary N) is 2. The Hall–Kier alpha value is -2.37. The minimum absolute atomic E-state index is 0.421. The van der Waals surface area contributed by atoms with Crippen molar-refractivity contribution < 1.29 is 0 Å². The molecule has 152 valence electrons. The summed E-state index contributed by atoms with van der Waals surface area (Å²) in [5.41, 5.74) is 1.63. The standard InChI is InChI=1S/C22H34N6/c1-17(2)13-22(11-8-12-22)16-25-21(23-14-19-9-6-5-7-10-19)24-15-20-27-26-18(3)28(20)4/h5-7,9-10,17H,8,11-16H2,1-4H3,(H2,23,24,25). The van der Waals surface area contributed by atoms with Gasteiger partial charge in [-0.05, 0) is 43.1 Å². The summed E-state index contributed by atoms with van der Waals surface area (Å²) in [5, 5.41) is 15.5. The first-order valence-corrected chi connectivity index (χ1v) is 10.4. The lowest BCUT2D eigenvalue weighted by atomic mass is 9.64. The first-order chi connectivity index (χ1) is 13.5. The van der Waals surface area contributed by atoms with Crippen molar-refractivity contribution in [3.8, 4) is 0 Å². The highest BCUT2D eigenvalue weighted by atomic mass is 15.3. The van der Waals surface area contributed by atoms with Gasteiger partial charge in [-0.15, -0.1) is 10.2 Å². The van der Waals surface area contributed by atoms with Crippen LogP contribution >= 0.6 is 0 Å². The van der Waals surface area contributed by atoms with Crippen LogP contribution in [0.1, 0.15) is 56.7 Å². The van der Waals surface area contributed by atoms with E-state index in [-0.39, 0.29) is 0 Å². The lowest BCUT2D eigenvalue weighted by Gasteiger charge is -2.43. The molecule has 1 aromatic heterocycles. The van der Waals surface area contributed by atoms with Gasteiger partial charge in [-0.3, -0.25) is 0 Å². The second-order valence-corrected chi connectivity index (χ2v) is 8.53. The zero-order valence-corrected chi connectivity index (χ0v) is 17.7. The van der Waals surface area contributed by atoms with Crippen LogP contribution in [0.25, 0.3) is 0 Å². The van der Waals surface area contributed by atoms with E-state index in [0.29, 0.717) is 18.5 Å². The summed E-state index contributed by atoms with van der Waals surface area (Å²) in [4.78, 5) is 4.82. The Labute approximate surface area is 168 Å². The van der Waals surface area contributed by atoms with Gasteiger partial charge in [0, 0.05) is 13.6 Å². The van der Waals surface area contributed by atoms with E-state index in [1.807, 2.05) is 24.6 Å². The number of aromatic nitrogens is 3. The van der Waals surface area contributed by atoms with Gasteiger partial charge in [-0.1, -0.05) is 50.6 Å². The Bertz CT molecular complexity index is 774. The molecule has 0 amide bonds. The van der Waals surface area contributed by atoms with Crippen molar-refractivity contribution in [1.82, 2.24) is 25.4 Å². The summed E-state index contributed by atoms with van der Waals surface area (Å²) in [6.45, 7) is 8.84. The fraction of sp³-hybridized carbons (Fsp3) is 0.591. The van der Waals surface area contributed by atoms with Gasteiger partial charge in [0.1, 0.15) is 5.82 Å². The van der Waals surface area contributed by atoms with Gasteiger partial charge >= 0.3 is 0 Å². The van der Waals surface area contributed by atoms with Gasteiger partial charge < -0.3 is 15.2 Å². The van der Waals surface area contributed by atoms with Gasteiger partial charge in [0.05, 0.1) is 13.1 Å². The molecular formula is C22H34N6. The first-order valence-electron chi connectivity index (χ1n) is 10.4. The summed E-state index contributed by atoms with van der Waals surface area (Å²) in [6.07, 6.45) is 5.24. The topological polar surface area (TPSA) is 67.1 Å². The van der Waals surface area contributed by atoms with E-state index in [9.17, 15) is 0 Å². The molecule has 2 N–H and O–H groups in total. The molecule has 1 aliphatic carbocycles. The minimum atomic E-state index is 0.421. The van der Waals surface area contributed by atoms with Gasteiger partial charge in [-0.2, -0.15) is 0 Å². The second-order valence-electron chi connectivity index (χ2n) is 8.53. The van der Waals surface area contributed by atoms with Crippen LogP contribution in [-0.2, 0) is 20.1 Å². The number of benzene rings is 1. The Balaban J connectivity index is 1.65. The summed E-state index contributed by atoms with van der Waals surface area (Å²) < 4.78 is 2.01. The zero-order chi connectivity index (χ0) is 20.0. The molecule has 2 aromatic rings. The molecule has 3 rings (SSSR count). The molecule has 0 saturated heterocycles. The maximum absolute atomic E-state index is 4.82. The van der Waals surface area contributed by atoms with E-state index < -0.39 is 0 Å². The summed E-state index contributed by atoms with van der Waals surface area (Å²) in [6, 6.07) is 10.4. The van der Waals surface area contributed by atoms with Crippen LogP contribution in [0.3, 0.4) is 0 Å². The lowest BCUT2D eigenvalue weighted by molar-refractivity contribution is 0.104. The highest BCUT2D eigenvalue weighted by Crippen LogP contribution is 2.45. The Kier molecular flexibility index (Phi) is 6.70. The average Bonchev–Trinajstić information content (AvgIpc) is 2.97. The molecule has 1 fully saturated rings. The summed E-state index contributed by atoms with van der Waals surface area (Å²) >= 11 is 0. The van der Waals surface area contributed by atoms with Crippen LogP contribution < -0.4 is 10.6 Å². The molecule has 0 atom stereocenters. The molecule has 0 unspecified atom stereocenters. The molecule has 0 aliphatic heterocycles. The number of rotatable bonds is 8. The van der Waals surface area contributed by atoms with Crippen LogP contribution in [0.4, 0.5) is 0 Å². The molecule has 1 heterocycles. The molecule has 0 spiro atoms. The van der Waals surface area contributed by atoms with E-state index in [1.165, 1.54) is 31.2 Å². The molecule has 28 heavy (non-hydrogen) atoms. The van der Waals surface area contributed by atoms with Crippen LogP contribution in [0.2, 0.25) is 0 Å². The van der Waals surface area contributed by atoms with Gasteiger partial charge in [0.2, 0.25) is 0 Å². The van der Waals surface area contributed by atoms with Crippen molar-refractivity contribution in [3.05, 3.63) is 47.5 Å². The quantitative estimate of drug-likeness (QED) is 0.541. The fourth-order valence-electron chi connectivity index (χ4n) is 3.96. The summed E-state index contributed by atoms with van der Waals surface area (Å²) in [5.74, 6) is 3.39. The van der Waals surface area contributed by atoms with Crippen LogP contribution in [0.5, 0.6) is 0 Å². The predicted molar refractivity (Wildman–Crippen MR) is 114 cm³/mol. The summed E-state index contributed by atoms with van der Waals surface area (Å²) in [7, 11) is 1.99. The molecule has 0 radical (unpaired) electrons. The largest absolute Gasteiger partial charge is 0.356 e. The third kappa shape index (κ3) is 5.33. The van der Waals surface area contributed by atoms with Crippen LogP contribution in [0, 0.1) is 18.3 Å². The van der Waals surface area contributed by atoms with Crippen LogP contribution in [0.15, 0.2) is 35.3 Å². The SMILES string of the molecule is Cc1nnc(CNC(=NCc2ccccc2)NCC2(CC(C)C)CCC2)n1C.